The first-order valence-electron chi connectivity index (χ1n) is 8.17. The van der Waals surface area contributed by atoms with Crippen molar-refractivity contribution in [1.29, 1.82) is 0 Å². The van der Waals surface area contributed by atoms with Gasteiger partial charge in [-0.15, -0.1) is 0 Å². The third-order valence-electron chi connectivity index (χ3n) is 4.55. The van der Waals surface area contributed by atoms with Gasteiger partial charge >= 0.3 is 0 Å². The molecule has 1 aromatic carbocycles. The molecule has 0 heterocycles. The molecule has 2 rings (SSSR count). The van der Waals surface area contributed by atoms with Crippen LogP contribution >= 0.6 is 0 Å². The van der Waals surface area contributed by atoms with E-state index in [1.807, 2.05) is 0 Å². The summed E-state index contributed by atoms with van der Waals surface area (Å²) in [5.74, 6) is 1.72. The highest BCUT2D eigenvalue weighted by Gasteiger charge is 2.34. The summed E-state index contributed by atoms with van der Waals surface area (Å²) >= 11 is 0. The molecule has 0 saturated carbocycles. The van der Waals surface area contributed by atoms with Gasteiger partial charge in [0.15, 0.2) is 0 Å². The van der Waals surface area contributed by atoms with Crippen LogP contribution in [0.1, 0.15) is 44.4 Å². The van der Waals surface area contributed by atoms with Gasteiger partial charge in [-0.05, 0) is 62.2 Å². The molecule has 1 aliphatic rings. The Morgan fingerprint density at radius 3 is 2.76 bits per heavy atom. The van der Waals surface area contributed by atoms with Crippen LogP contribution in [0.25, 0.3) is 0 Å². The standard InChI is InChI=1S/C18H30N2O/c1-6-19-18-16-12-15(21-5)8-7-14(16)11-17(18)20(4)10-9-13(2)3/h7-8,12-13,17-19H,6,9-11H2,1-5H3. The van der Waals surface area contributed by atoms with Gasteiger partial charge in [0.25, 0.3) is 0 Å². The minimum Gasteiger partial charge on any atom is -0.497 e. The lowest BCUT2D eigenvalue weighted by Gasteiger charge is -2.31. The molecule has 1 aromatic rings. The molecule has 0 spiro atoms. The van der Waals surface area contributed by atoms with Crippen molar-refractivity contribution in [3.05, 3.63) is 29.3 Å². The van der Waals surface area contributed by atoms with Crippen LogP contribution in [0, 0.1) is 5.92 Å². The number of ether oxygens (including phenoxy) is 1. The Labute approximate surface area is 129 Å². The third-order valence-corrected chi connectivity index (χ3v) is 4.55. The van der Waals surface area contributed by atoms with Crippen LogP contribution in [0.3, 0.4) is 0 Å². The fraction of sp³-hybridized carbons (Fsp3) is 0.667. The first kappa shape index (κ1) is 16.3. The molecule has 0 bridgehead atoms. The summed E-state index contributed by atoms with van der Waals surface area (Å²) in [4.78, 5) is 2.53. The molecule has 0 fully saturated rings. The van der Waals surface area contributed by atoms with Crippen LogP contribution in [-0.2, 0) is 6.42 Å². The normalized spacial score (nSPS) is 21.1. The van der Waals surface area contributed by atoms with E-state index in [1.54, 1.807) is 7.11 Å². The van der Waals surface area contributed by atoms with Gasteiger partial charge in [0.05, 0.1) is 7.11 Å². The molecule has 0 amide bonds. The number of rotatable bonds is 7. The van der Waals surface area contributed by atoms with E-state index in [0.29, 0.717) is 12.1 Å². The van der Waals surface area contributed by atoms with E-state index in [1.165, 1.54) is 17.5 Å². The molecule has 2 atom stereocenters. The first-order chi connectivity index (χ1) is 10.1. The summed E-state index contributed by atoms with van der Waals surface area (Å²) in [5, 5.41) is 3.67. The Kier molecular flexibility index (Phi) is 5.65. The largest absolute Gasteiger partial charge is 0.497 e. The van der Waals surface area contributed by atoms with Crippen molar-refractivity contribution in [3.8, 4) is 5.75 Å². The number of fused-ring (bicyclic) bond motifs is 1. The van der Waals surface area contributed by atoms with E-state index >= 15 is 0 Å². The maximum Gasteiger partial charge on any atom is 0.119 e. The van der Waals surface area contributed by atoms with Crippen LogP contribution in [0.2, 0.25) is 0 Å². The number of nitrogens with zero attached hydrogens (tertiary/aromatic N) is 1. The summed E-state index contributed by atoms with van der Waals surface area (Å²) in [6.07, 6.45) is 2.39. The van der Waals surface area contributed by atoms with Crippen LogP contribution in [0.5, 0.6) is 5.75 Å². The lowest BCUT2D eigenvalue weighted by Crippen LogP contribution is -2.41. The number of nitrogens with one attached hydrogen (secondary N) is 1. The van der Waals surface area contributed by atoms with Gasteiger partial charge in [0.2, 0.25) is 0 Å². The second-order valence-electron chi connectivity index (χ2n) is 6.53. The summed E-state index contributed by atoms with van der Waals surface area (Å²) in [6, 6.07) is 7.48. The van der Waals surface area contributed by atoms with Crippen molar-refractivity contribution in [2.75, 3.05) is 27.2 Å². The minimum absolute atomic E-state index is 0.414. The number of hydrogen-bond donors (Lipinski definition) is 1. The lowest BCUT2D eigenvalue weighted by atomic mass is 10.0. The smallest absolute Gasteiger partial charge is 0.119 e. The van der Waals surface area contributed by atoms with Gasteiger partial charge in [-0.1, -0.05) is 26.8 Å². The third kappa shape index (κ3) is 3.78. The highest BCUT2D eigenvalue weighted by molar-refractivity contribution is 5.42. The van der Waals surface area contributed by atoms with Crippen molar-refractivity contribution < 1.29 is 4.74 Å². The molecule has 118 valence electrons. The molecule has 2 unspecified atom stereocenters. The van der Waals surface area contributed by atoms with E-state index in [9.17, 15) is 0 Å². The molecular formula is C18H30N2O. The molecule has 1 aliphatic carbocycles. The first-order valence-corrected chi connectivity index (χ1v) is 8.17. The van der Waals surface area contributed by atoms with E-state index in [4.69, 9.17) is 4.74 Å². The zero-order valence-corrected chi connectivity index (χ0v) is 14.1. The highest BCUT2D eigenvalue weighted by Crippen LogP contribution is 2.36. The Morgan fingerprint density at radius 1 is 1.38 bits per heavy atom. The van der Waals surface area contributed by atoms with Crippen molar-refractivity contribution in [3.63, 3.8) is 0 Å². The van der Waals surface area contributed by atoms with Crippen LogP contribution in [-0.4, -0.2) is 38.2 Å². The second-order valence-corrected chi connectivity index (χ2v) is 6.53. The average molecular weight is 290 g/mol. The molecule has 1 N–H and O–H groups in total. The Hall–Kier alpha value is -1.06. The molecule has 0 aromatic heterocycles. The fourth-order valence-electron chi connectivity index (χ4n) is 3.23. The molecular weight excluding hydrogens is 260 g/mol. The van der Waals surface area contributed by atoms with Gasteiger partial charge in [0.1, 0.15) is 5.75 Å². The molecule has 0 aliphatic heterocycles. The SMILES string of the molecule is CCNC1c2cc(OC)ccc2CC1N(C)CCC(C)C. The van der Waals surface area contributed by atoms with Crippen molar-refractivity contribution in [1.82, 2.24) is 10.2 Å². The predicted octanol–water partition coefficient (Wildman–Crippen LogP) is 3.25. The van der Waals surface area contributed by atoms with Crippen molar-refractivity contribution in [2.45, 2.75) is 45.7 Å². The Balaban J connectivity index is 2.16. The summed E-state index contributed by atoms with van der Waals surface area (Å²) in [7, 11) is 4.01. The zero-order valence-electron chi connectivity index (χ0n) is 14.1. The number of benzene rings is 1. The Bertz CT molecular complexity index is 459. The number of hydrogen-bond acceptors (Lipinski definition) is 3. The molecule has 0 radical (unpaired) electrons. The predicted molar refractivity (Wildman–Crippen MR) is 89.0 cm³/mol. The van der Waals surface area contributed by atoms with Gasteiger partial charge < -0.3 is 15.0 Å². The maximum absolute atomic E-state index is 5.40. The molecule has 3 nitrogen and oxygen atoms in total. The van der Waals surface area contributed by atoms with Crippen LogP contribution in [0.15, 0.2) is 18.2 Å². The van der Waals surface area contributed by atoms with Crippen LogP contribution < -0.4 is 10.1 Å². The average Bonchev–Trinajstić information content (AvgIpc) is 2.83. The quantitative estimate of drug-likeness (QED) is 0.834. The number of methoxy groups -OCH3 is 1. The van der Waals surface area contributed by atoms with Gasteiger partial charge in [-0.25, -0.2) is 0 Å². The molecule has 21 heavy (non-hydrogen) atoms. The van der Waals surface area contributed by atoms with Crippen molar-refractivity contribution in [2.24, 2.45) is 5.92 Å². The van der Waals surface area contributed by atoms with E-state index in [-0.39, 0.29) is 0 Å². The van der Waals surface area contributed by atoms with E-state index < -0.39 is 0 Å². The minimum atomic E-state index is 0.414. The van der Waals surface area contributed by atoms with E-state index in [2.05, 4.69) is 56.2 Å². The number of likely N-dealkylation sites (N-methyl/N-ethyl adjacent to an activating group) is 2. The monoisotopic (exact) mass is 290 g/mol. The van der Waals surface area contributed by atoms with E-state index in [0.717, 1.165) is 31.2 Å². The molecule has 3 heteroatoms. The van der Waals surface area contributed by atoms with Gasteiger partial charge in [-0.3, -0.25) is 0 Å². The van der Waals surface area contributed by atoms with Gasteiger partial charge in [0, 0.05) is 12.1 Å². The zero-order chi connectivity index (χ0) is 15.4. The fourth-order valence-corrected chi connectivity index (χ4v) is 3.23. The van der Waals surface area contributed by atoms with Crippen molar-refractivity contribution >= 4 is 0 Å². The lowest BCUT2D eigenvalue weighted by molar-refractivity contribution is 0.195. The Morgan fingerprint density at radius 2 is 2.14 bits per heavy atom. The topological polar surface area (TPSA) is 24.5 Å². The van der Waals surface area contributed by atoms with Gasteiger partial charge in [-0.2, -0.15) is 0 Å². The summed E-state index contributed by atoms with van der Waals surface area (Å²) in [5.41, 5.74) is 2.88. The second kappa shape index (κ2) is 7.28. The maximum atomic E-state index is 5.40. The highest BCUT2D eigenvalue weighted by atomic mass is 16.5. The summed E-state index contributed by atoms with van der Waals surface area (Å²) in [6.45, 7) is 8.93. The summed E-state index contributed by atoms with van der Waals surface area (Å²) < 4.78 is 5.40. The van der Waals surface area contributed by atoms with Crippen LogP contribution in [0.4, 0.5) is 0 Å². The molecule has 0 saturated heterocycles.